The van der Waals surface area contributed by atoms with E-state index in [2.05, 4.69) is 10.3 Å². The van der Waals surface area contributed by atoms with Gasteiger partial charge >= 0.3 is 5.69 Å². The SMILES string of the molecule is CC(C)Cn1c(=O)n(C2CCNC2)c(=O)c2c1ncn2C. The smallest absolute Gasteiger partial charge is 0.328 e. The number of fused-ring (bicyclic) bond motifs is 1. The number of hydrogen-bond acceptors (Lipinski definition) is 4. The molecule has 114 valence electrons. The molecule has 1 fully saturated rings. The molecule has 2 aromatic rings. The topological polar surface area (TPSA) is 73.8 Å². The van der Waals surface area contributed by atoms with Crippen molar-refractivity contribution in [1.29, 1.82) is 0 Å². The van der Waals surface area contributed by atoms with E-state index < -0.39 is 0 Å². The standard InChI is InChI=1S/C14H21N5O2/c1-9(2)7-18-12-11(17(3)8-16-12)13(20)19(14(18)21)10-4-5-15-6-10/h8-10,15H,4-7H2,1-3H3. The van der Waals surface area contributed by atoms with Crippen molar-refractivity contribution < 1.29 is 0 Å². The van der Waals surface area contributed by atoms with Gasteiger partial charge in [0.15, 0.2) is 11.2 Å². The van der Waals surface area contributed by atoms with Gasteiger partial charge in [-0.1, -0.05) is 13.8 Å². The molecule has 2 aromatic heterocycles. The minimum Gasteiger partial charge on any atom is -0.328 e. The van der Waals surface area contributed by atoms with Crippen LogP contribution in [0.15, 0.2) is 15.9 Å². The number of nitrogens with zero attached hydrogens (tertiary/aromatic N) is 4. The van der Waals surface area contributed by atoms with Gasteiger partial charge in [0.05, 0.1) is 12.4 Å². The summed E-state index contributed by atoms with van der Waals surface area (Å²) in [6, 6.07) is -0.0669. The molecular formula is C14H21N5O2. The molecule has 3 rings (SSSR count). The van der Waals surface area contributed by atoms with E-state index in [0.29, 0.717) is 30.2 Å². The summed E-state index contributed by atoms with van der Waals surface area (Å²) in [5.41, 5.74) is 0.517. The van der Waals surface area contributed by atoms with Gasteiger partial charge in [-0.3, -0.25) is 13.9 Å². The van der Waals surface area contributed by atoms with Crippen molar-refractivity contribution >= 4 is 11.2 Å². The first-order valence-electron chi connectivity index (χ1n) is 7.37. The van der Waals surface area contributed by atoms with Crippen LogP contribution in [0.4, 0.5) is 0 Å². The van der Waals surface area contributed by atoms with Crippen LogP contribution in [0.2, 0.25) is 0 Å². The van der Waals surface area contributed by atoms with Crippen LogP contribution in [-0.2, 0) is 13.6 Å². The van der Waals surface area contributed by atoms with Gasteiger partial charge in [0.2, 0.25) is 0 Å². The maximum atomic E-state index is 12.8. The maximum Gasteiger partial charge on any atom is 0.333 e. The van der Waals surface area contributed by atoms with Crippen molar-refractivity contribution in [1.82, 2.24) is 24.0 Å². The van der Waals surface area contributed by atoms with Crippen LogP contribution in [0, 0.1) is 5.92 Å². The molecule has 1 N–H and O–H groups in total. The summed E-state index contributed by atoms with van der Waals surface area (Å²) in [4.78, 5) is 29.8. The zero-order chi connectivity index (χ0) is 15.1. The highest BCUT2D eigenvalue weighted by Gasteiger charge is 2.24. The van der Waals surface area contributed by atoms with Crippen molar-refractivity contribution in [3.8, 4) is 0 Å². The number of aromatic nitrogens is 4. The highest BCUT2D eigenvalue weighted by Crippen LogP contribution is 2.13. The summed E-state index contributed by atoms with van der Waals surface area (Å²) >= 11 is 0. The van der Waals surface area contributed by atoms with Gasteiger partial charge in [0.1, 0.15) is 0 Å². The lowest BCUT2D eigenvalue weighted by molar-refractivity contribution is 0.449. The van der Waals surface area contributed by atoms with Crippen molar-refractivity contribution in [3.63, 3.8) is 0 Å². The second-order valence-electron chi connectivity index (χ2n) is 6.14. The van der Waals surface area contributed by atoms with E-state index in [4.69, 9.17) is 0 Å². The Balaban J connectivity index is 2.34. The van der Waals surface area contributed by atoms with E-state index in [9.17, 15) is 9.59 Å². The Morgan fingerprint density at radius 3 is 2.81 bits per heavy atom. The van der Waals surface area contributed by atoms with E-state index in [1.807, 2.05) is 13.8 Å². The first-order chi connectivity index (χ1) is 10.0. The summed E-state index contributed by atoms with van der Waals surface area (Å²) in [6.07, 6.45) is 2.40. The molecule has 1 aliphatic rings. The van der Waals surface area contributed by atoms with Gasteiger partial charge in [-0.2, -0.15) is 0 Å². The molecule has 21 heavy (non-hydrogen) atoms. The lowest BCUT2D eigenvalue weighted by Crippen LogP contribution is -2.43. The van der Waals surface area contributed by atoms with Crippen LogP contribution in [0.3, 0.4) is 0 Å². The van der Waals surface area contributed by atoms with E-state index in [1.165, 1.54) is 4.57 Å². The fourth-order valence-electron chi connectivity index (χ4n) is 3.00. The highest BCUT2D eigenvalue weighted by atomic mass is 16.2. The molecule has 0 amide bonds. The van der Waals surface area contributed by atoms with E-state index in [0.717, 1.165) is 13.0 Å². The third-order valence-corrected chi connectivity index (χ3v) is 3.98. The van der Waals surface area contributed by atoms with E-state index in [-0.39, 0.29) is 17.3 Å². The number of aryl methyl sites for hydroxylation is 1. The predicted molar refractivity (Wildman–Crippen MR) is 80.6 cm³/mol. The molecule has 0 aliphatic carbocycles. The molecular weight excluding hydrogens is 270 g/mol. The van der Waals surface area contributed by atoms with Crippen LogP contribution in [0.1, 0.15) is 26.3 Å². The molecule has 1 saturated heterocycles. The molecule has 0 bridgehead atoms. The van der Waals surface area contributed by atoms with Crippen molar-refractivity contribution in [2.24, 2.45) is 13.0 Å². The second kappa shape index (κ2) is 5.14. The Hall–Kier alpha value is -1.89. The van der Waals surface area contributed by atoms with Crippen LogP contribution in [0.25, 0.3) is 11.2 Å². The van der Waals surface area contributed by atoms with Crippen molar-refractivity contribution in [3.05, 3.63) is 27.2 Å². The average Bonchev–Trinajstić information content (AvgIpc) is 3.04. The highest BCUT2D eigenvalue weighted by molar-refractivity contribution is 5.69. The molecule has 3 heterocycles. The molecule has 1 unspecified atom stereocenters. The monoisotopic (exact) mass is 291 g/mol. The van der Waals surface area contributed by atoms with Gasteiger partial charge in [0.25, 0.3) is 5.56 Å². The minimum absolute atomic E-state index is 0.0669. The van der Waals surface area contributed by atoms with Gasteiger partial charge in [0, 0.05) is 20.1 Å². The summed E-state index contributed by atoms with van der Waals surface area (Å²) in [5, 5.41) is 3.21. The molecule has 1 aliphatic heterocycles. The molecule has 0 aromatic carbocycles. The molecule has 0 saturated carbocycles. The lowest BCUT2D eigenvalue weighted by Gasteiger charge is -2.17. The summed E-state index contributed by atoms with van der Waals surface area (Å²) < 4.78 is 4.75. The quantitative estimate of drug-likeness (QED) is 0.869. The number of nitrogens with one attached hydrogen (secondary N) is 1. The number of rotatable bonds is 3. The minimum atomic E-state index is -0.242. The van der Waals surface area contributed by atoms with Crippen molar-refractivity contribution in [2.75, 3.05) is 13.1 Å². The second-order valence-corrected chi connectivity index (χ2v) is 6.14. The van der Waals surface area contributed by atoms with Crippen LogP contribution in [-0.4, -0.2) is 31.8 Å². The fraction of sp³-hybridized carbons (Fsp3) is 0.643. The maximum absolute atomic E-state index is 12.8. The molecule has 7 nitrogen and oxygen atoms in total. The molecule has 7 heteroatoms. The normalized spacial score (nSPS) is 19.0. The predicted octanol–water partition coefficient (Wildman–Crippen LogP) is 0.0871. The molecule has 0 spiro atoms. The van der Waals surface area contributed by atoms with Crippen LogP contribution in [0.5, 0.6) is 0 Å². The molecule has 1 atom stereocenters. The van der Waals surface area contributed by atoms with Crippen LogP contribution < -0.4 is 16.6 Å². The summed E-state index contributed by atoms with van der Waals surface area (Å²) in [7, 11) is 1.79. The van der Waals surface area contributed by atoms with Gasteiger partial charge in [-0.15, -0.1) is 0 Å². The Kier molecular flexibility index (Phi) is 3.44. The van der Waals surface area contributed by atoms with Crippen LogP contribution >= 0.6 is 0 Å². The summed E-state index contributed by atoms with van der Waals surface area (Å²) in [6.45, 7) is 6.17. The van der Waals surface area contributed by atoms with E-state index >= 15 is 0 Å². The first-order valence-corrected chi connectivity index (χ1v) is 7.37. The number of imidazole rings is 1. The Bertz CT molecular complexity index is 777. The Labute approximate surface area is 122 Å². The van der Waals surface area contributed by atoms with E-state index in [1.54, 1.807) is 22.5 Å². The van der Waals surface area contributed by atoms with Gasteiger partial charge in [-0.05, 0) is 18.9 Å². The zero-order valence-corrected chi connectivity index (χ0v) is 12.7. The Morgan fingerprint density at radius 1 is 1.43 bits per heavy atom. The third kappa shape index (κ3) is 2.21. The molecule has 0 radical (unpaired) electrons. The first kappa shape index (κ1) is 14.1. The summed E-state index contributed by atoms with van der Waals surface area (Å²) in [5.74, 6) is 0.306. The Morgan fingerprint density at radius 2 is 2.19 bits per heavy atom. The number of hydrogen-bond donors (Lipinski definition) is 1. The largest absolute Gasteiger partial charge is 0.333 e. The average molecular weight is 291 g/mol. The van der Waals surface area contributed by atoms with Gasteiger partial charge < -0.3 is 9.88 Å². The van der Waals surface area contributed by atoms with Crippen molar-refractivity contribution in [2.45, 2.75) is 32.9 Å². The third-order valence-electron chi connectivity index (χ3n) is 3.98. The zero-order valence-electron chi connectivity index (χ0n) is 12.7. The van der Waals surface area contributed by atoms with Gasteiger partial charge in [-0.25, -0.2) is 9.78 Å². The lowest BCUT2D eigenvalue weighted by atomic mass is 10.2. The fourth-order valence-corrected chi connectivity index (χ4v) is 3.00.